The van der Waals surface area contributed by atoms with Crippen LogP contribution in [0.1, 0.15) is 58.3 Å². The fourth-order valence-corrected chi connectivity index (χ4v) is 15.1. The van der Waals surface area contributed by atoms with Crippen molar-refractivity contribution < 1.29 is 24.8 Å². The second-order valence-corrected chi connectivity index (χ2v) is 18.2. The van der Waals surface area contributed by atoms with E-state index in [2.05, 4.69) is 0 Å². The molecular formula is C20H26F2Zr. The Morgan fingerprint density at radius 1 is 0.826 bits per heavy atom. The summed E-state index contributed by atoms with van der Waals surface area (Å²) in [4.78, 5) is 0. The first-order valence-electron chi connectivity index (χ1n) is 9.22. The van der Waals surface area contributed by atoms with Gasteiger partial charge in [0.15, 0.2) is 0 Å². The van der Waals surface area contributed by atoms with Gasteiger partial charge in [-0.2, -0.15) is 0 Å². The quantitative estimate of drug-likeness (QED) is 0.486. The molecule has 0 saturated heterocycles. The molecule has 0 amide bonds. The Balaban J connectivity index is 1.81. The summed E-state index contributed by atoms with van der Waals surface area (Å²) in [5, 5.41) is 0. The van der Waals surface area contributed by atoms with E-state index in [1.165, 1.54) is 14.9 Å². The van der Waals surface area contributed by atoms with E-state index in [-0.39, 0.29) is 0 Å². The molecule has 0 aromatic carbocycles. The van der Waals surface area contributed by atoms with Crippen LogP contribution in [0.15, 0.2) is 46.6 Å². The molecule has 0 spiro atoms. The van der Waals surface area contributed by atoms with Crippen LogP contribution in [0, 0.1) is 0 Å². The molecule has 0 aliphatic heterocycles. The van der Waals surface area contributed by atoms with Crippen LogP contribution in [0.2, 0.25) is 7.25 Å². The van der Waals surface area contributed by atoms with Crippen molar-refractivity contribution in [1.82, 2.24) is 0 Å². The van der Waals surface area contributed by atoms with Gasteiger partial charge in [0.2, 0.25) is 0 Å². The molecule has 23 heavy (non-hydrogen) atoms. The normalized spacial score (nSPS) is 30.8. The van der Waals surface area contributed by atoms with Gasteiger partial charge in [-0.25, -0.2) is 0 Å². The van der Waals surface area contributed by atoms with E-state index in [0.29, 0.717) is 0 Å². The van der Waals surface area contributed by atoms with E-state index in [1.807, 2.05) is 24.3 Å². The first-order chi connectivity index (χ1) is 11.0. The summed E-state index contributed by atoms with van der Waals surface area (Å²) in [6, 6.07) is 0. The maximum atomic E-state index is 16.5. The Kier molecular flexibility index (Phi) is 3.87. The zero-order chi connectivity index (χ0) is 16.1. The molecule has 0 nitrogen and oxygen atoms in total. The molecule has 4 rings (SSSR count). The number of allylic oxidation sites excluding steroid dienone is 8. The summed E-state index contributed by atoms with van der Waals surface area (Å²) in [5.74, 6) is 0. The van der Waals surface area contributed by atoms with Gasteiger partial charge in [-0.15, -0.1) is 0 Å². The van der Waals surface area contributed by atoms with Gasteiger partial charge in [-0.1, -0.05) is 0 Å². The fraction of sp³-hybridized carbons (Fsp3) is 0.550. The first-order valence-corrected chi connectivity index (χ1v) is 15.3. The van der Waals surface area contributed by atoms with Crippen molar-refractivity contribution in [3.05, 3.63) is 46.6 Å². The molecule has 3 heteroatoms. The molecule has 2 atom stereocenters. The van der Waals surface area contributed by atoms with Gasteiger partial charge >= 0.3 is 141 Å². The summed E-state index contributed by atoms with van der Waals surface area (Å²) in [5.41, 5.74) is 4.67. The predicted molar refractivity (Wildman–Crippen MR) is 90.7 cm³/mol. The van der Waals surface area contributed by atoms with Gasteiger partial charge in [0.25, 0.3) is 0 Å². The molecule has 0 aromatic rings. The molecule has 4 aliphatic rings. The van der Waals surface area contributed by atoms with Crippen LogP contribution in [0.25, 0.3) is 0 Å². The van der Waals surface area contributed by atoms with Gasteiger partial charge in [0.1, 0.15) is 0 Å². The zero-order valence-corrected chi connectivity index (χ0v) is 16.4. The van der Waals surface area contributed by atoms with Crippen LogP contribution < -0.4 is 0 Å². The van der Waals surface area contributed by atoms with E-state index in [0.717, 1.165) is 62.5 Å². The minimum absolute atomic E-state index is 0.542. The molecule has 0 fully saturated rings. The maximum absolute atomic E-state index is 16.5. The standard InChI is InChI=1S/2C9H11.C2H4.2FH.Zr/c2*1-2-5-9-7-3-6-8(9)4-1;1-2;;;/h2*3,6-7H,1-2,4-5H2;1H,2H3;2*1H;/q;;;;;+2/p-2. The van der Waals surface area contributed by atoms with Gasteiger partial charge in [-0.3, -0.25) is 0 Å². The van der Waals surface area contributed by atoms with E-state index in [4.69, 9.17) is 0 Å². The predicted octanol–water partition coefficient (Wildman–Crippen LogP) is 6.72. The summed E-state index contributed by atoms with van der Waals surface area (Å²) < 4.78 is 33.3. The second-order valence-electron chi connectivity index (χ2n) is 7.70. The monoisotopic (exact) mass is 394 g/mol. The third-order valence-electron chi connectivity index (χ3n) is 6.58. The van der Waals surface area contributed by atoms with E-state index in [1.54, 1.807) is 6.92 Å². The van der Waals surface area contributed by atoms with Crippen molar-refractivity contribution in [2.45, 2.75) is 65.5 Å². The minimum atomic E-state index is -6.06. The SMILES string of the molecule is C[CH]=[Zr]([F])([F])([CH]1C=CC2=C1CCCC2)[CH]1C=CC2=C1CCCC2. The van der Waals surface area contributed by atoms with Gasteiger partial charge < -0.3 is 0 Å². The molecule has 0 bridgehead atoms. The number of hydrogen-bond acceptors (Lipinski definition) is 0. The van der Waals surface area contributed by atoms with E-state index >= 15 is 5.25 Å². The van der Waals surface area contributed by atoms with Crippen LogP contribution >= 0.6 is 0 Å². The molecule has 2 unspecified atom stereocenters. The van der Waals surface area contributed by atoms with Crippen molar-refractivity contribution in [3.8, 4) is 0 Å². The third-order valence-corrected chi connectivity index (χ3v) is 17.8. The van der Waals surface area contributed by atoms with E-state index in [9.17, 15) is 0 Å². The Labute approximate surface area is 140 Å². The summed E-state index contributed by atoms with van der Waals surface area (Å²) >= 11 is -6.06. The van der Waals surface area contributed by atoms with Gasteiger partial charge in [0.05, 0.1) is 0 Å². The summed E-state index contributed by atoms with van der Waals surface area (Å²) in [6.45, 7) is 1.65. The van der Waals surface area contributed by atoms with Crippen molar-refractivity contribution in [2.24, 2.45) is 0 Å². The molecule has 0 radical (unpaired) electrons. The Bertz CT molecular complexity index is 673. The molecule has 0 saturated carbocycles. The molecule has 0 heterocycles. The van der Waals surface area contributed by atoms with Crippen molar-refractivity contribution in [2.75, 3.05) is 0 Å². The summed E-state index contributed by atoms with van der Waals surface area (Å²) in [7, 11) is 0. The van der Waals surface area contributed by atoms with Crippen LogP contribution in [0.4, 0.5) is 5.25 Å². The van der Waals surface area contributed by atoms with Crippen LogP contribution in [0.3, 0.4) is 0 Å². The number of rotatable bonds is 2. The molecule has 0 N–H and O–H groups in total. The van der Waals surface area contributed by atoms with Gasteiger partial charge in [0, 0.05) is 0 Å². The van der Waals surface area contributed by atoms with Crippen LogP contribution in [0.5, 0.6) is 0 Å². The molecule has 0 aromatic heterocycles. The second kappa shape index (κ2) is 5.55. The van der Waals surface area contributed by atoms with Gasteiger partial charge in [-0.05, 0) is 0 Å². The third kappa shape index (κ3) is 2.33. The van der Waals surface area contributed by atoms with Crippen molar-refractivity contribution in [3.63, 3.8) is 0 Å². The molecule has 124 valence electrons. The van der Waals surface area contributed by atoms with Crippen molar-refractivity contribution >= 4 is 3.71 Å². The zero-order valence-electron chi connectivity index (χ0n) is 14.0. The van der Waals surface area contributed by atoms with Crippen molar-refractivity contribution in [1.29, 1.82) is 0 Å². The molecule has 4 aliphatic carbocycles. The number of hydrogen-bond donors (Lipinski definition) is 0. The first kappa shape index (κ1) is 16.1. The van der Waals surface area contributed by atoms with Crippen LogP contribution in [-0.2, 0) is 19.5 Å². The van der Waals surface area contributed by atoms with E-state index < -0.39 is 26.8 Å². The fourth-order valence-electron chi connectivity index (χ4n) is 5.24. The average molecular weight is 396 g/mol. The topological polar surface area (TPSA) is 0 Å². The molecular weight excluding hydrogens is 369 g/mol. The van der Waals surface area contributed by atoms with Crippen LogP contribution in [-0.4, -0.2) is 3.71 Å². The Morgan fingerprint density at radius 2 is 1.26 bits per heavy atom. The number of halogens is 2. The Morgan fingerprint density at radius 3 is 1.70 bits per heavy atom. The summed E-state index contributed by atoms with van der Waals surface area (Å²) in [6.07, 6.45) is 16.1. The average Bonchev–Trinajstić information content (AvgIpc) is 3.20. The Hall–Kier alpha value is -0.427.